The van der Waals surface area contributed by atoms with Crippen LogP contribution < -0.4 is 0 Å². The Hall–Kier alpha value is -1.62. The van der Waals surface area contributed by atoms with Crippen LogP contribution >= 0.6 is 11.6 Å². The first-order valence-electron chi connectivity index (χ1n) is 5.02. The molecule has 0 aliphatic carbocycles. The third-order valence-electron chi connectivity index (χ3n) is 2.18. The summed E-state index contributed by atoms with van der Waals surface area (Å²) in [7, 11) is 1.19. The molecular formula is C11H12ClNO4. The summed E-state index contributed by atoms with van der Waals surface area (Å²) in [6, 6.07) is 1.20. The van der Waals surface area contributed by atoms with E-state index >= 15 is 0 Å². The van der Waals surface area contributed by atoms with Gasteiger partial charge in [-0.05, 0) is 12.5 Å². The monoisotopic (exact) mass is 257 g/mol. The van der Waals surface area contributed by atoms with Gasteiger partial charge in [0.1, 0.15) is 5.15 Å². The van der Waals surface area contributed by atoms with Crippen LogP contribution in [0.4, 0.5) is 0 Å². The smallest absolute Gasteiger partial charge is 0.341 e. The van der Waals surface area contributed by atoms with E-state index in [-0.39, 0.29) is 16.3 Å². The van der Waals surface area contributed by atoms with Gasteiger partial charge in [0, 0.05) is 0 Å². The molecule has 6 heteroatoms. The number of aryl methyl sites for hydroxylation is 1. The fraction of sp³-hybridized carbons (Fsp3) is 0.364. The Morgan fingerprint density at radius 1 is 1.47 bits per heavy atom. The number of methoxy groups -OCH3 is 1. The molecular weight excluding hydrogens is 246 g/mol. The van der Waals surface area contributed by atoms with E-state index in [0.29, 0.717) is 12.1 Å². The third kappa shape index (κ3) is 2.94. The minimum atomic E-state index is -1.14. The van der Waals surface area contributed by atoms with Crippen molar-refractivity contribution in [1.29, 1.82) is 0 Å². The second-order valence-corrected chi connectivity index (χ2v) is 3.73. The van der Waals surface area contributed by atoms with Gasteiger partial charge in [-0.15, -0.1) is 0 Å². The average Bonchev–Trinajstić information content (AvgIpc) is 2.28. The van der Waals surface area contributed by atoms with Gasteiger partial charge >= 0.3 is 11.9 Å². The zero-order valence-electron chi connectivity index (χ0n) is 9.49. The number of carboxylic acids is 1. The summed E-state index contributed by atoms with van der Waals surface area (Å²) in [5, 5.41) is 8.99. The average molecular weight is 258 g/mol. The largest absolute Gasteiger partial charge is 0.478 e. The number of aromatic carboxylic acids is 1. The number of carbonyl (C=O) groups excluding carboxylic acids is 1. The first-order valence-corrected chi connectivity index (χ1v) is 5.40. The Labute approximate surface area is 103 Å². The lowest BCUT2D eigenvalue weighted by Gasteiger charge is -2.08. The standard InChI is InChI=1S/C11H12ClNO4/c1-3-4-8-6(10(14)15)5-7(9(12)13-8)11(16)17-2/h5H,3-4H2,1-2H3,(H,14,15). The molecule has 0 saturated carbocycles. The molecule has 0 bridgehead atoms. The summed E-state index contributed by atoms with van der Waals surface area (Å²) >= 11 is 5.81. The maximum Gasteiger partial charge on any atom is 0.341 e. The quantitative estimate of drug-likeness (QED) is 0.661. The highest BCUT2D eigenvalue weighted by Gasteiger charge is 2.19. The number of rotatable bonds is 4. The van der Waals surface area contributed by atoms with Gasteiger partial charge in [0.2, 0.25) is 0 Å². The molecule has 0 unspecified atom stereocenters. The second-order valence-electron chi connectivity index (χ2n) is 3.37. The molecule has 1 heterocycles. The summed E-state index contributed by atoms with van der Waals surface area (Å²) in [4.78, 5) is 26.3. The maximum absolute atomic E-state index is 11.3. The molecule has 1 aromatic rings. The van der Waals surface area contributed by atoms with Crippen LogP contribution in [0.3, 0.4) is 0 Å². The first-order chi connectivity index (χ1) is 8.01. The lowest BCUT2D eigenvalue weighted by molar-refractivity contribution is 0.0600. The Morgan fingerprint density at radius 2 is 2.12 bits per heavy atom. The van der Waals surface area contributed by atoms with Crippen molar-refractivity contribution in [2.45, 2.75) is 19.8 Å². The minimum absolute atomic E-state index is 0.0170. The number of nitrogens with zero attached hydrogens (tertiary/aromatic N) is 1. The van der Waals surface area contributed by atoms with Crippen LogP contribution in [0.25, 0.3) is 0 Å². The van der Waals surface area contributed by atoms with Crippen LogP contribution in [0, 0.1) is 0 Å². The Bertz CT molecular complexity index is 459. The highest BCUT2D eigenvalue weighted by atomic mass is 35.5. The van der Waals surface area contributed by atoms with E-state index in [1.807, 2.05) is 6.92 Å². The van der Waals surface area contributed by atoms with Crippen molar-refractivity contribution in [3.63, 3.8) is 0 Å². The topological polar surface area (TPSA) is 76.5 Å². The van der Waals surface area contributed by atoms with Crippen LogP contribution in [0.2, 0.25) is 5.15 Å². The summed E-state index contributed by atoms with van der Waals surface area (Å²) in [5.41, 5.74) is 0.320. The molecule has 1 aromatic heterocycles. The highest BCUT2D eigenvalue weighted by molar-refractivity contribution is 6.32. The molecule has 1 rings (SSSR count). The molecule has 5 nitrogen and oxygen atoms in total. The first kappa shape index (κ1) is 13.4. The Kier molecular flexibility index (Phi) is 4.45. The summed E-state index contributed by atoms with van der Waals surface area (Å²) < 4.78 is 4.50. The van der Waals surface area contributed by atoms with Gasteiger partial charge in [-0.1, -0.05) is 24.9 Å². The number of carboxylic acid groups (broad SMARTS) is 1. The molecule has 1 N–H and O–H groups in total. The predicted octanol–water partition coefficient (Wildman–Crippen LogP) is 2.17. The van der Waals surface area contributed by atoms with Crippen molar-refractivity contribution in [3.8, 4) is 0 Å². The van der Waals surface area contributed by atoms with Gasteiger partial charge in [0.05, 0.1) is 23.9 Å². The van der Waals surface area contributed by atoms with Crippen molar-refractivity contribution < 1.29 is 19.4 Å². The van der Waals surface area contributed by atoms with Crippen LogP contribution in [-0.2, 0) is 11.2 Å². The minimum Gasteiger partial charge on any atom is -0.478 e. The fourth-order valence-corrected chi connectivity index (χ4v) is 1.63. The zero-order valence-corrected chi connectivity index (χ0v) is 10.2. The molecule has 0 aromatic carbocycles. The van der Waals surface area contributed by atoms with Gasteiger partial charge in [-0.25, -0.2) is 14.6 Å². The van der Waals surface area contributed by atoms with Crippen molar-refractivity contribution >= 4 is 23.5 Å². The molecule has 0 spiro atoms. The van der Waals surface area contributed by atoms with E-state index in [4.69, 9.17) is 16.7 Å². The molecule has 92 valence electrons. The molecule has 0 saturated heterocycles. The summed E-state index contributed by atoms with van der Waals surface area (Å²) in [6.07, 6.45) is 1.23. The van der Waals surface area contributed by atoms with Crippen LogP contribution in [-0.4, -0.2) is 29.1 Å². The summed E-state index contributed by atoms with van der Waals surface area (Å²) in [6.45, 7) is 1.90. The van der Waals surface area contributed by atoms with E-state index in [1.54, 1.807) is 0 Å². The molecule has 0 fully saturated rings. The fourth-order valence-electron chi connectivity index (χ4n) is 1.39. The van der Waals surface area contributed by atoms with Crippen LogP contribution in [0.5, 0.6) is 0 Å². The van der Waals surface area contributed by atoms with E-state index in [2.05, 4.69) is 9.72 Å². The molecule has 0 amide bonds. The number of aromatic nitrogens is 1. The lowest BCUT2D eigenvalue weighted by Crippen LogP contribution is -2.11. The molecule has 0 atom stereocenters. The molecule has 17 heavy (non-hydrogen) atoms. The molecule has 0 aliphatic heterocycles. The predicted molar refractivity (Wildman–Crippen MR) is 61.5 cm³/mol. The number of ether oxygens (including phenoxy) is 1. The third-order valence-corrected chi connectivity index (χ3v) is 2.47. The molecule has 0 radical (unpaired) electrons. The number of carbonyl (C=O) groups is 2. The molecule has 0 aliphatic rings. The van der Waals surface area contributed by atoms with Crippen molar-refractivity contribution in [3.05, 3.63) is 28.0 Å². The van der Waals surface area contributed by atoms with Gasteiger partial charge in [0.15, 0.2) is 0 Å². The van der Waals surface area contributed by atoms with Crippen LogP contribution in [0.1, 0.15) is 39.8 Å². The van der Waals surface area contributed by atoms with Gasteiger partial charge in [-0.3, -0.25) is 0 Å². The highest BCUT2D eigenvalue weighted by Crippen LogP contribution is 2.20. The van der Waals surface area contributed by atoms with E-state index < -0.39 is 11.9 Å². The SMILES string of the molecule is CCCc1nc(Cl)c(C(=O)OC)cc1C(=O)O. The van der Waals surface area contributed by atoms with Crippen molar-refractivity contribution in [2.75, 3.05) is 7.11 Å². The van der Waals surface area contributed by atoms with Crippen molar-refractivity contribution in [1.82, 2.24) is 4.98 Å². The van der Waals surface area contributed by atoms with Gasteiger partial charge in [-0.2, -0.15) is 0 Å². The Balaban J connectivity index is 3.34. The number of hydrogen-bond acceptors (Lipinski definition) is 4. The number of pyridine rings is 1. The van der Waals surface area contributed by atoms with Crippen molar-refractivity contribution in [2.24, 2.45) is 0 Å². The summed E-state index contributed by atoms with van der Waals surface area (Å²) in [5.74, 6) is -1.84. The van der Waals surface area contributed by atoms with E-state index in [9.17, 15) is 9.59 Å². The van der Waals surface area contributed by atoms with Gasteiger partial charge < -0.3 is 9.84 Å². The van der Waals surface area contributed by atoms with E-state index in [0.717, 1.165) is 6.42 Å². The normalized spacial score (nSPS) is 10.1. The number of halogens is 1. The number of hydrogen-bond donors (Lipinski definition) is 1. The lowest BCUT2D eigenvalue weighted by atomic mass is 10.1. The Morgan fingerprint density at radius 3 is 2.59 bits per heavy atom. The van der Waals surface area contributed by atoms with Gasteiger partial charge in [0.25, 0.3) is 0 Å². The number of esters is 1. The van der Waals surface area contributed by atoms with Crippen LogP contribution in [0.15, 0.2) is 6.07 Å². The van der Waals surface area contributed by atoms with E-state index in [1.165, 1.54) is 13.2 Å². The zero-order chi connectivity index (χ0) is 13.0. The maximum atomic E-state index is 11.3. The second kappa shape index (κ2) is 5.63.